The van der Waals surface area contributed by atoms with Crippen LogP contribution < -0.4 is 15.4 Å². The molecule has 7 nitrogen and oxygen atoms in total. The molecule has 29 heavy (non-hydrogen) atoms. The van der Waals surface area contributed by atoms with E-state index in [2.05, 4.69) is 22.5 Å². The zero-order chi connectivity index (χ0) is 19.4. The number of aliphatic imine (C=N–C) groups is 1. The lowest BCUT2D eigenvalue weighted by atomic mass is 10.2. The Bertz CT molecular complexity index is 605. The van der Waals surface area contributed by atoms with Gasteiger partial charge in [0.25, 0.3) is 0 Å². The maximum Gasteiger partial charge on any atom is 0.218 e. The Hall–Kier alpha value is -1.13. The molecule has 0 bridgehead atoms. The lowest BCUT2D eigenvalue weighted by Crippen LogP contribution is -2.38. The van der Waals surface area contributed by atoms with Gasteiger partial charge in [0, 0.05) is 38.1 Å². The molecule has 8 heteroatoms. The molecule has 2 fully saturated rings. The highest BCUT2D eigenvalue weighted by Gasteiger charge is 2.18. The molecule has 2 heterocycles. The fourth-order valence-electron chi connectivity index (χ4n) is 3.49. The highest BCUT2D eigenvalue weighted by atomic mass is 127. The van der Waals surface area contributed by atoms with E-state index in [4.69, 9.17) is 19.2 Å². The van der Waals surface area contributed by atoms with Crippen molar-refractivity contribution in [2.75, 3.05) is 32.9 Å². The molecular formula is C21H35IN4O3. The normalized spacial score (nSPS) is 19.8. The Morgan fingerprint density at radius 2 is 2.10 bits per heavy atom. The molecule has 1 saturated carbocycles. The molecule has 0 radical (unpaired) electrons. The fraction of sp³-hybridized carbons (Fsp3) is 0.714. The van der Waals surface area contributed by atoms with Crippen LogP contribution in [0.25, 0.3) is 0 Å². The van der Waals surface area contributed by atoms with Crippen molar-refractivity contribution in [1.29, 1.82) is 0 Å². The Kier molecular flexibility index (Phi) is 11.6. The van der Waals surface area contributed by atoms with Gasteiger partial charge in [-0.05, 0) is 51.5 Å². The summed E-state index contributed by atoms with van der Waals surface area (Å²) in [5, 5.41) is 6.67. The summed E-state index contributed by atoms with van der Waals surface area (Å²) in [6.07, 6.45) is 9.04. The molecule has 0 amide bonds. The summed E-state index contributed by atoms with van der Waals surface area (Å²) in [6, 6.07) is 3.98. The number of rotatable bonds is 10. The number of pyridine rings is 1. The standard InChI is InChI=1S/C21H34N4O3.HI/c1-2-22-21(24-12-6-13-27-19-10-14-26-16-19)25-15-17-7-5-11-23-20(17)28-18-8-3-4-9-18;/h5,7,11,18-19H,2-4,6,8-10,12-16H2,1H3,(H2,22,24,25);1H. The van der Waals surface area contributed by atoms with Gasteiger partial charge in [0.2, 0.25) is 5.88 Å². The third-order valence-electron chi connectivity index (χ3n) is 5.04. The summed E-state index contributed by atoms with van der Waals surface area (Å²) in [7, 11) is 0. The smallest absolute Gasteiger partial charge is 0.218 e. The van der Waals surface area contributed by atoms with Crippen LogP contribution >= 0.6 is 24.0 Å². The lowest BCUT2D eigenvalue weighted by Gasteiger charge is -2.15. The second kappa shape index (κ2) is 14.0. The number of guanidine groups is 1. The van der Waals surface area contributed by atoms with Crippen LogP contribution in [0.3, 0.4) is 0 Å². The molecule has 1 atom stereocenters. The van der Waals surface area contributed by atoms with E-state index in [-0.39, 0.29) is 30.1 Å². The van der Waals surface area contributed by atoms with Gasteiger partial charge in [-0.3, -0.25) is 0 Å². The van der Waals surface area contributed by atoms with Crippen molar-refractivity contribution >= 4 is 29.9 Å². The maximum atomic E-state index is 6.11. The van der Waals surface area contributed by atoms with E-state index in [1.54, 1.807) is 6.20 Å². The molecule has 1 aliphatic heterocycles. The van der Waals surface area contributed by atoms with Crippen molar-refractivity contribution in [2.45, 2.75) is 64.2 Å². The third kappa shape index (κ3) is 8.64. The van der Waals surface area contributed by atoms with Crippen LogP contribution in [0.4, 0.5) is 0 Å². The van der Waals surface area contributed by atoms with E-state index in [9.17, 15) is 0 Å². The van der Waals surface area contributed by atoms with Crippen LogP contribution in [-0.2, 0) is 16.0 Å². The summed E-state index contributed by atoms with van der Waals surface area (Å²) in [6.45, 7) is 6.54. The summed E-state index contributed by atoms with van der Waals surface area (Å²) in [4.78, 5) is 9.14. The first-order valence-electron chi connectivity index (χ1n) is 10.7. The van der Waals surface area contributed by atoms with Crippen molar-refractivity contribution in [3.63, 3.8) is 0 Å². The Morgan fingerprint density at radius 3 is 2.86 bits per heavy atom. The van der Waals surface area contributed by atoms with Crippen molar-refractivity contribution in [3.8, 4) is 5.88 Å². The number of ether oxygens (including phenoxy) is 3. The minimum absolute atomic E-state index is 0. The van der Waals surface area contributed by atoms with Crippen molar-refractivity contribution in [1.82, 2.24) is 15.6 Å². The third-order valence-corrected chi connectivity index (χ3v) is 5.04. The van der Waals surface area contributed by atoms with E-state index in [0.29, 0.717) is 12.6 Å². The van der Waals surface area contributed by atoms with Crippen LogP contribution in [0.5, 0.6) is 5.88 Å². The minimum atomic E-state index is 0. The monoisotopic (exact) mass is 518 g/mol. The number of hydrogen-bond acceptors (Lipinski definition) is 5. The van der Waals surface area contributed by atoms with Crippen LogP contribution in [0.2, 0.25) is 0 Å². The Morgan fingerprint density at radius 1 is 1.24 bits per heavy atom. The van der Waals surface area contributed by atoms with Crippen molar-refractivity contribution in [3.05, 3.63) is 23.9 Å². The number of nitrogens with zero attached hydrogens (tertiary/aromatic N) is 2. The highest BCUT2D eigenvalue weighted by Crippen LogP contribution is 2.25. The van der Waals surface area contributed by atoms with Gasteiger partial charge in [0.05, 0.1) is 19.3 Å². The molecule has 1 unspecified atom stereocenters. The van der Waals surface area contributed by atoms with E-state index in [1.807, 2.05) is 12.1 Å². The zero-order valence-electron chi connectivity index (χ0n) is 17.4. The lowest BCUT2D eigenvalue weighted by molar-refractivity contribution is 0.0420. The maximum absolute atomic E-state index is 6.11. The van der Waals surface area contributed by atoms with Crippen molar-refractivity contribution in [2.24, 2.45) is 4.99 Å². The van der Waals surface area contributed by atoms with Gasteiger partial charge in [-0.1, -0.05) is 6.07 Å². The van der Waals surface area contributed by atoms with Gasteiger partial charge in [0.1, 0.15) is 6.10 Å². The molecule has 1 aliphatic carbocycles. The molecule has 1 saturated heterocycles. The van der Waals surface area contributed by atoms with E-state index < -0.39 is 0 Å². The molecule has 0 aromatic carbocycles. The van der Waals surface area contributed by atoms with Gasteiger partial charge >= 0.3 is 0 Å². The second-order valence-corrected chi connectivity index (χ2v) is 7.32. The van der Waals surface area contributed by atoms with Gasteiger partial charge in [-0.2, -0.15) is 0 Å². The Balaban J connectivity index is 0.00000300. The molecule has 3 rings (SSSR count). The first-order valence-corrected chi connectivity index (χ1v) is 10.7. The molecular weight excluding hydrogens is 483 g/mol. The largest absolute Gasteiger partial charge is 0.474 e. The molecule has 164 valence electrons. The summed E-state index contributed by atoms with van der Waals surface area (Å²) >= 11 is 0. The summed E-state index contributed by atoms with van der Waals surface area (Å²) in [5.74, 6) is 1.53. The minimum Gasteiger partial charge on any atom is -0.474 e. The molecule has 1 aromatic rings. The number of hydrogen-bond donors (Lipinski definition) is 2. The fourth-order valence-corrected chi connectivity index (χ4v) is 3.49. The zero-order valence-corrected chi connectivity index (χ0v) is 19.7. The first-order chi connectivity index (χ1) is 13.8. The first kappa shape index (κ1) is 24.1. The average molecular weight is 518 g/mol. The van der Waals surface area contributed by atoms with Crippen LogP contribution in [-0.4, -0.2) is 56.1 Å². The van der Waals surface area contributed by atoms with E-state index in [0.717, 1.165) is 76.0 Å². The van der Waals surface area contributed by atoms with E-state index >= 15 is 0 Å². The Labute approximate surface area is 191 Å². The van der Waals surface area contributed by atoms with Gasteiger partial charge < -0.3 is 24.8 Å². The van der Waals surface area contributed by atoms with E-state index in [1.165, 1.54) is 12.8 Å². The van der Waals surface area contributed by atoms with Gasteiger partial charge in [0.15, 0.2) is 5.96 Å². The predicted molar refractivity (Wildman–Crippen MR) is 125 cm³/mol. The average Bonchev–Trinajstić information content (AvgIpc) is 3.41. The SMILES string of the molecule is CCNC(=NCc1cccnc1OC1CCCC1)NCCCOC1CCOC1.I. The van der Waals surface area contributed by atoms with Gasteiger partial charge in [-0.15, -0.1) is 24.0 Å². The van der Waals surface area contributed by atoms with Crippen LogP contribution in [0.1, 0.15) is 51.0 Å². The van der Waals surface area contributed by atoms with Gasteiger partial charge in [-0.25, -0.2) is 9.98 Å². The quantitative estimate of drug-likeness (QED) is 0.214. The number of nitrogens with one attached hydrogen (secondary N) is 2. The molecule has 1 aromatic heterocycles. The molecule has 0 spiro atoms. The highest BCUT2D eigenvalue weighted by molar-refractivity contribution is 14.0. The van der Waals surface area contributed by atoms with Crippen LogP contribution in [0, 0.1) is 0 Å². The number of aromatic nitrogens is 1. The van der Waals surface area contributed by atoms with Crippen LogP contribution in [0.15, 0.2) is 23.3 Å². The summed E-state index contributed by atoms with van der Waals surface area (Å²) in [5.41, 5.74) is 1.02. The second-order valence-electron chi connectivity index (χ2n) is 7.32. The number of halogens is 1. The summed E-state index contributed by atoms with van der Waals surface area (Å²) < 4.78 is 17.2. The molecule has 2 aliphatic rings. The van der Waals surface area contributed by atoms with Crippen molar-refractivity contribution < 1.29 is 14.2 Å². The predicted octanol–water partition coefficient (Wildman–Crippen LogP) is 3.27. The molecule has 2 N–H and O–H groups in total. The topological polar surface area (TPSA) is 77.0 Å².